The highest BCUT2D eigenvalue weighted by molar-refractivity contribution is 7.93. The average Bonchev–Trinajstić information content (AvgIpc) is 3.09. The molecule has 2 aromatic carbocycles. The summed E-state index contributed by atoms with van der Waals surface area (Å²) in [6.07, 6.45) is 0. The largest absolute Gasteiger partial charge is 0.320 e. The Kier molecular flexibility index (Phi) is 4.99. The van der Waals surface area contributed by atoms with Crippen molar-refractivity contribution in [2.75, 3.05) is 5.32 Å². The fourth-order valence-corrected chi connectivity index (χ4v) is 4.40. The standard InChI is InChI=1S/C15H8ClF2N3O3S2/c16-8-1-4-10(5-2-8)26(23,24)15-13(20-21-25-15)14(22)19-9-3-6-11(17)12(18)7-9/h1-7H,(H,19,22). The maximum absolute atomic E-state index is 13.2. The lowest BCUT2D eigenvalue weighted by Crippen LogP contribution is -2.16. The average molecular weight is 416 g/mol. The molecule has 134 valence electrons. The van der Waals surface area contributed by atoms with Crippen molar-refractivity contribution in [3.63, 3.8) is 0 Å². The molecule has 0 atom stereocenters. The molecular weight excluding hydrogens is 408 g/mol. The van der Waals surface area contributed by atoms with Crippen LogP contribution in [0.3, 0.4) is 0 Å². The van der Waals surface area contributed by atoms with Crippen LogP contribution in [-0.4, -0.2) is 23.9 Å². The molecule has 0 radical (unpaired) electrons. The van der Waals surface area contributed by atoms with Crippen LogP contribution < -0.4 is 5.32 Å². The van der Waals surface area contributed by atoms with Gasteiger partial charge in [0.1, 0.15) is 0 Å². The maximum Gasteiger partial charge on any atom is 0.278 e. The Labute approximate surface area is 155 Å². The van der Waals surface area contributed by atoms with Gasteiger partial charge in [0.15, 0.2) is 21.5 Å². The lowest BCUT2D eigenvalue weighted by atomic mass is 10.3. The van der Waals surface area contributed by atoms with E-state index in [1.54, 1.807) is 0 Å². The van der Waals surface area contributed by atoms with Gasteiger partial charge in [-0.05, 0) is 36.4 Å². The molecule has 0 bridgehead atoms. The SMILES string of the molecule is O=C(Nc1ccc(F)c(F)c1)c1nnsc1S(=O)(=O)c1ccc(Cl)cc1. The normalized spacial score (nSPS) is 11.3. The number of sulfone groups is 1. The predicted octanol–water partition coefficient (Wildman–Crippen LogP) is 3.55. The summed E-state index contributed by atoms with van der Waals surface area (Å²) >= 11 is 6.27. The Balaban J connectivity index is 1.93. The molecule has 1 amide bonds. The van der Waals surface area contributed by atoms with Crippen LogP contribution in [0, 0.1) is 11.6 Å². The minimum absolute atomic E-state index is 0.0586. The number of hydrogen-bond acceptors (Lipinski definition) is 6. The van der Waals surface area contributed by atoms with Crippen LogP contribution in [0.25, 0.3) is 0 Å². The predicted molar refractivity (Wildman–Crippen MR) is 91.1 cm³/mol. The van der Waals surface area contributed by atoms with E-state index in [0.29, 0.717) is 16.6 Å². The number of rotatable bonds is 4. The third kappa shape index (κ3) is 3.57. The van der Waals surface area contributed by atoms with Crippen LogP contribution in [0.1, 0.15) is 10.5 Å². The van der Waals surface area contributed by atoms with Gasteiger partial charge in [-0.1, -0.05) is 16.1 Å². The van der Waals surface area contributed by atoms with E-state index in [-0.39, 0.29) is 14.8 Å². The van der Waals surface area contributed by atoms with E-state index in [2.05, 4.69) is 14.9 Å². The summed E-state index contributed by atoms with van der Waals surface area (Å²) in [5, 5.41) is 6.15. The molecule has 3 rings (SSSR count). The summed E-state index contributed by atoms with van der Waals surface area (Å²) in [4.78, 5) is 12.2. The number of benzene rings is 2. The number of nitrogens with one attached hydrogen (secondary N) is 1. The number of nitrogens with zero attached hydrogens (tertiary/aromatic N) is 2. The van der Waals surface area contributed by atoms with Gasteiger partial charge < -0.3 is 5.32 Å². The van der Waals surface area contributed by atoms with Crippen LogP contribution in [0.4, 0.5) is 14.5 Å². The van der Waals surface area contributed by atoms with Crippen LogP contribution in [0.2, 0.25) is 5.02 Å². The number of anilines is 1. The first kappa shape index (κ1) is 18.4. The summed E-state index contributed by atoms with van der Waals surface area (Å²) in [6.45, 7) is 0. The highest BCUT2D eigenvalue weighted by Crippen LogP contribution is 2.27. The smallest absolute Gasteiger partial charge is 0.278 e. The Morgan fingerprint density at radius 2 is 1.77 bits per heavy atom. The van der Waals surface area contributed by atoms with E-state index in [0.717, 1.165) is 18.2 Å². The molecule has 6 nitrogen and oxygen atoms in total. The molecule has 1 aromatic heterocycles. The summed E-state index contributed by atoms with van der Waals surface area (Å²) < 4.78 is 54.7. The molecule has 11 heteroatoms. The molecule has 0 aliphatic carbocycles. The van der Waals surface area contributed by atoms with Crippen molar-refractivity contribution in [2.24, 2.45) is 0 Å². The van der Waals surface area contributed by atoms with E-state index < -0.39 is 33.1 Å². The third-order valence-corrected chi connectivity index (χ3v) is 6.45. The van der Waals surface area contributed by atoms with Crippen molar-refractivity contribution in [1.29, 1.82) is 0 Å². The van der Waals surface area contributed by atoms with E-state index in [1.165, 1.54) is 24.3 Å². The van der Waals surface area contributed by atoms with Crippen LogP contribution in [0.5, 0.6) is 0 Å². The summed E-state index contributed by atoms with van der Waals surface area (Å²) in [5.74, 6) is -3.16. The molecule has 26 heavy (non-hydrogen) atoms. The Bertz CT molecular complexity index is 1090. The quantitative estimate of drug-likeness (QED) is 0.703. The first-order valence-electron chi connectivity index (χ1n) is 6.88. The van der Waals surface area contributed by atoms with Gasteiger partial charge in [0, 0.05) is 28.3 Å². The summed E-state index contributed by atoms with van der Waals surface area (Å²) in [5.41, 5.74) is -0.508. The van der Waals surface area contributed by atoms with Gasteiger partial charge in [0.2, 0.25) is 9.84 Å². The second-order valence-corrected chi connectivity index (χ2v) is 8.28. The molecule has 3 aromatic rings. The highest BCUT2D eigenvalue weighted by Gasteiger charge is 2.29. The topological polar surface area (TPSA) is 89.0 Å². The van der Waals surface area contributed by atoms with Crippen molar-refractivity contribution in [3.8, 4) is 0 Å². The van der Waals surface area contributed by atoms with Crippen LogP contribution in [-0.2, 0) is 9.84 Å². The molecule has 0 spiro atoms. The number of hydrogen-bond donors (Lipinski definition) is 1. The van der Waals surface area contributed by atoms with Gasteiger partial charge in [-0.25, -0.2) is 17.2 Å². The zero-order chi connectivity index (χ0) is 18.9. The molecule has 0 unspecified atom stereocenters. The minimum Gasteiger partial charge on any atom is -0.320 e. The maximum atomic E-state index is 13.2. The number of carbonyl (C=O) groups excluding carboxylic acids is 1. The highest BCUT2D eigenvalue weighted by atomic mass is 35.5. The molecular formula is C15H8ClF2N3O3S2. The van der Waals surface area contributed by atoms with Crippen LogP contribution >= 0.6 is 23.1 Å². The molecule has 0 saturated heterocycles. The first-order chi connectivity index (χ1) is 12.3. The molecule has 0 fully saturated rings. The van der Waals surface area contributed by atoms with E-state index in [1.807, 2.05) is 0 Å². The summed E-state index contributed by atoms with van der Waals surface area (Å²) in [7, 11) is -4.06. The molecule has 1 N–H and O–H groups in total. The molecule has 0 aliphatic heterocycles. The summed E-state index contributed by atoms with van der Waals surface area (Å²) in [6, 6.07) is 8.08. The Morgan fingerprint density at radius 1 is 1.08 bits per heavy atom. The number of halogens is 3. The van der Waals surface area contributed by atoms with Crippen molar-refractivity contribution in [1.82, 2.24) is 9.59 Å². The van der Waals surface area contributed by atoms with E-state index in [9.17, 15) is 22.0 Å². The van der Waals surface area contributed by atoms with Gasteiger partial charge in [-0.2, -0.15) is 0 Å². The van der Waals surface area contributed by atoms with E-state index >= 15 is 0 Å². The van der Waals surface area contributed by atoms with E-state index in [4.69, 9.17) is 11.6 Å². The number of amides is 1. The zero-order valence-electron chi connectivity index (χ0n) is 12.6. The fraction of sp³-hybridized carbons (Fsp3) is 0. The number of carbonyl (C=O) groups is 1. The van der Waals surface area contributed by atoms with Crippen molar-refractivity contribution in [3.05, 3.63) is 64.8 Å². The lowest BCUT2D eigenvalue weighted by Gasteiger charge is -2.06. The van der Waals surface area contributed by atoms with Gasteiger partial charge in [0.25, 0.3) is 5.91 Å². The van der Waals surface area contributed by atoms with Gasteiger partial charge in [-0.3, -0.25) is 4.79 Å². The first-order valence-corrected chi connectivity index (χ1v) is 9.52. The van der Waals surface area contributed by atoms with Crippen LogP contribution in [0.15, 0.2) is 51.6 Å². The Hall–Kier alpha value is -2.43. The van der Waals surface area contributed by atoms with Gasteiger partial charge in [-0.15, -0.1) is 5.10 Å². The fourth-order valence-electron chi connectivity index (χ4n) is 1.98. The second-order valence-electron chi connectivity index (χ2n) is 4.95. The zero-order valence-corrected chi connectivity index (χ0v) is 15.0. The molecule has 0 saturated carbocycles. The van der Waals surface area contributed by atoms with Gasteiger partial charge >= 0.3 is 0 Å². The van der Waals surface area contributed by atoms with Crippen molar-refractivity contribution >= 4 is 44.6 Å². The molecule has 0 aliphatic rings. The minimum atomic E-state index is -4.06. The monoisotopic (exact) mass is 415 g/mol. The third-order valence-electron chi connectivity index (χ3n) is 3.22. The lowest BCUT2D eigenvalue weighted by molar-refractivity contribution is 0.101. The Morgan fingerprint density at radius 3 is 2.42 bits per heavy atom. The van der Waals surface area contributed by atoms with Gasteiger partial charge in [0.05, 0.1) is 4.90 Å². The van der Waals surface area contributed by atoms with Crippen molar-refractivity contribution in [2.45, 2.75) is 9.10 Å². The van der Waals surface area contributed by atoms with Crippen molar-refractivity contribution < 1.29 is 22.0 Å². The molecule has 1 heterocycles. The second kappa shape index (κ2) is 7.06. The number of aromatic nitrogens is 2.